The van der Waals surface area contributed by atoms with Gasteiger partial charge in [0.2, 0.25) is 10.0 Å². The predicted molar refractivity (Wildman–Crippen MR) is 118 cm³/mol. The van der Waals surface area contributed by atoms with Gasteiger partial charge in [-0.2, -0.15) is 5.10 Å². The van der Waals surface area contributed by atoms with E-state index in [1.165, 1.54) is 11.3 Å². The van der Waals surface area contributed by atoms with Gasteiger partial charge in [-0.3, -0.25) is 9.67 Å². The number of sulfonamides is 1. The first-order valence-corrected chi connectivity index (χ1v) is 12.1. The zero-order chi connectivity index (χ0) is 21.0. The molecule has 2 heterocycles. The lowest BCUT2D eigenvalue weighted by Gasteiger charge is -2.14. The summed E-state index contributed by atoms with van der Waals surface area (Å²) < 4.78 is 30.0. The molecule has 158 valence electrons. The highest BCUT2D eigenvalue weighted by Crippen LogP contribution is 2.30. The highest BCUT2D eigenvalue weighted by atomic mass is 32.2. The molecule has 0 spiro atoms. The van der Waals surface area contributed by atoms with E-state index in [-0.39, 0.29) is 0 Å². The van der Waals surface area contributed by atoms with E-state index < -0.39 is 10.0 Å². The number of aryl methyl sites for hydroxylation is 1. The van der Waals surface area contributed by atoms with Crippen LogP contribution in [-0.2, 0) is 35.8 Å². The molecule has 0 radical (unpaired) electrons. The van der Waals surface area contributed by atoms with E-state index in [9.17, 15) is 8.42 Å². The first kappa shape index (κ1) is 20.8. The summed E-state index contributed by atoms with van der Waals surface area (Å²) in [6, 6.07) is 11.1. The molecule has 1 aromatic carbocycles. The zero-order valence-electron chi connectivity index (χ0n) is 17.3. The van der Waals surface area contributed by atoms with Crippen LogP contribution in [-0.4, -0.2) is 29.7 Å². The number of aromatic nitrogens is 3. The second-order valence-electron chi connectivity index (χ2n) is 7.73. The monoisotopic (exact) mass is 424 g/mol. The Hall–Kier alpha value is -2.51. The Morgan fingerprint density at radius 3 is 2.50 bits per heavy atom. The van der Waals surface area contributed by atoms with Gasteiger partial charge in [0.05, 0.1) is 17.1 Å². The van der Waals surface area contributed by atoms with Crippen molar-refractivity contribution in [2.75, 3.05) is 6.54 Å². The maximum Gasteiger partial charge on any atom is 0.240 e. The van der Waals surface area contributed by atoms with Crippen molar-refractivity contribution >= 4 is 10.0 Å². The predicted octanol–water partition coefficient (Wildman–Crippen LogP) is 3.75. The van der Waals surface area contributed by atoms with Gasteiger partial charge in [0, 0.05) is 35.8 Å². The van der Waals surface area contributed by atoms with Crippen LogP contribution in [0.5, 0.6) is 0 Å². The van der Waals surface area contributed by atoms with E-state index >= 15 is 0 Å². The molecule has 6 nitrogen and oxygen atoms in total. The third-order valence-electron chi connectivity index (χ3n) is 5.60. The molecule has 4 rings (SSSR count). The molecule has 30 heavy (non-hydrogen) atoms. The minimum Gasteiger partial charge on any atom is -0.267 e. The number of hydrogen-bond acceptors (Lipinski definition) is 4. The van der Waals surface area contributed by atoms with Crippen molar-refractivity contribution in [2.45, 2.75) is 56.9 Å². The van der Waals surface area contributed by atoms with Gasteiger partial charge >= 0.3 is 0 Å². The molecule has 0 fully saturated rings. The van der Waals surface area contributed by atoms with Crippen LogP contribution in [0, 0.1) is 0 Å². The van der Waals surface area contributed by atoms with Crippen molar-refractivity contribution in [2.24, 2.45) is 0 Å². The molecule has 0 bridgehead atoms. The second kappa shape index (κ2) is 9.10. The molecule has 0 amide bonds. The molecular formula is C23H28N4O2S. The molecule has 7 heteroatoms. The summed E-state index contributed by atoms with van der Waals surface area (Å²) in [6.45, 7) is 2.93. The fourth-order valence-corrected chi connectivity index (χ4v) is 5.11. The number of hydrogen-bond donors (Lipinski definition) is 1. The lowest BCUT2D eigenvalue weighted by Crippen LogP contribution is -2.28. The van der Waals surface area contributed by atoms with E-state index in [1.807, 2.05) is 28.9 Å². The second-order valence-corrected chi connectivity index (χ2v) is 9.50. The quantitative estimate of drug-likeness (QED) is 0.597. The molecule has 0 saturated carbocycles. The number of benzene rings is 1. The van der Waals surface area contributed by atoms with Crippen molar-refractivity contribution in [3.8, 4) is 11.3 Å². The van der Waals surface area contributed by atoms with E-state index in [2.05, 4.69) is 16.6 Å². The third-order valence-corrected chi connectivity index (χ3v) is 7.08. The van der Waals surface area contributed by atoms with Crippen molar-refractivity contribution in [1.82, 2.24) is 19.5 Å². The highest BCUT2D eigenvalue weighted by Gasteiger charge is 2.22. The van der Waals surface area contributed by atoms with Gasteiger partial charge in [-0.05, 0) is 61.9 Å². The van der Waals surface area contributed by atoms with Crippen LogP contribution in [0.4, 0.5) is 0 Å². The average molecular weight is 425 g/mol. The van der Waals surface area contributed by atoms with Gasteiger partial charge in [0.25, 0.3) is 0 Å². The van der Waals surface area contributed by atoms with Crippen molar-refractivity contribution in [3.63, 3.8) is 0 Å². The molecular weight excluding hydrogens is 396 g/mol. The van der Waals surface area contributed by atoms with Crippen LogP contribution in [0.3, 0.4) is 0 Å². The first-order valence-electron chi connectivity index (χ1n) is 10.7. The number of fused-ring (bicyclic) bond motifs is 1. The Bertz CT molecular complexity index is 1090. The standard InChI is InChI=1S/C23H28N4O2S/c1-2-5-18-8-10-20(11-9-18)30(28,29)25-16-17-27-22-7-4-3-6-21(22)23(26-27)19-12-14-24-15-13-19/h8-15,25H,2-7,16-17H2,1H3. The van der Waals surface area contributed by atoms with Crippen LogP contribution < -0.4 is 4.72 Å². The largest absolute Gasteiger partial charge is 0.267 e. The molecule has 1 aliphatic rings. The molecule has 1 N–H and O–H groups in total. The summed E-state index contributed by atoms with van der Waals surface area (Å²) in [5, 5.41) is 4.84. The SMILES string of the molecule is CCCc1ccc(S(=O)(=O)NCCn2nc(-c3ccncc3)c3c2CCCC3)cc1. The Labute approximate surface area is 178 Å². The van der Waals surface area contributed by atoms with E-state index in [1.54, 1.807) is 24.5 Å². The minimum atomic E-state index is -3.53. The van der Waals surface area contributed by atoms with Gasteiger partial charge in [0.1, 0.15) is 0 Å². The van der Waals surface area contributed by atoms with Gasteiger partial charge in [-0.1, -0.05) is 25.5 Å². The highest BCUT2D eigenvalue weighted by molar-refractivity contribution is 7.89. The van der Waals surface area contributed by atoms with Crippen LogP contribution in [0.15, 0.2) is 53.7 Å². The number of nitrogens with one attached hydrogen (secondary N) is 1. The smallest absolute Gasteiger partial charge is 0.240 e. The number of nitrogens with zero attached hydrogens (tertiary/aromatic N) is 3. The molecule has 1 aliphatic carbocycles. The lowest BCUT2D eigenvalue weighted by atomic mass is 9.94. The van der Waals surface area contributed by atoms with Crippen LogP contribution in [0.1, 0.15) is 43.0 Å². The van der Waals surface area contributed by atoms with Gasteiger partial charge in [0.15, 0.2) is 0 Å². The van der Waals surface area contributed by atoms with E-state index in [0.29, 0.717) is 18.0 Å². The normalized spacial score (nSPS) is 13.9. The van der Waals surface area contributed by atoms with E-state index in [4.69, 9.17) is 5.10 Å². The summed E-state index contributed by atoms with van der Waals surface area (Å²) in [4.78, 5) is 4.41. The fraction of sp³-hybridized carbons (Fsp3) is 0.391. The third kappa shape index (κ3) is 4.47. The Balaban J connectivity index is 1.48. The first-order chi connectivity index (χ1) is 14.6. The minimum absolute atomic E-state index is 0.308. The molecule has 0 aliphatic heterocycles. The molecule has 0 saturated heterocycles. The Morgan fingerprint density at radius 1 is 1.03 bits per heavy atom. The molecule has 0 unspecified atom stereocenters. The summed E-state index contributed by atoms with van der Waals surface area (Å²) in [6.07, 6.45) is 9.87. The zero-order valence-corrected chi connectivity index (χ0v) is 18.2. The van der Waals surface area contributed by atoms with Crippen LogP contribution in [0.2, 0.25) is 0 Å². The Kier molecular flexibility index (Phi) is 6.29. The summed E-state index contributed by atoms with van der Waals surface area (Å²) >= 11 is 0. The van der Waals surface area contributed by atoms with Crippen LogP contribution >= 0.6 is 0 Å². The van der Waals surface area contributed by atoms with Gasteiger partial charge in [-0.25, -0.2) is 13.1 Å². The number of rotatable bonds is 8. The maximum absolute atomic E-state index is 12.7. The molecule has 2 aromatic heterocycles. The topological polar surface area (TPSA) is 76.9 Å². The van der Waals surface area contributed by atoms with Gasteiger partial charge < -0.3 is 0 Å². The van der Waals surface area contributed by atoms with Gasteiger partial charge in [-0.15, -0.1) is 0 Å². The summed E-state index contributed by atoms with van der Waals surface area (Å²) in [5.74, 6) is 0. The Morgan fingerprint density at radius 2 is 1.77 bits per heavy atom. The van der Waals surface area contributed by atoms with Crippen LogP contribution in [0.25, 0.3) is 11.3 Å². The summed E-state index contributed by atoms with van der Waals surface area (Å²) in [7, 11) is -3.53. The molecule has 0 atom stereocenters. The van der Waals surface area contributed by atoms with E-state index in [0.717, 1.165) is 55.3 Å². The fourth-order valence-electron chi connectivity index (χ4n) is 4.09. The van der Waals surface area contributed by atoms with Crippen molar-refractivity contribution in [3.05, 3.63) is 65.6 Å². The average Bonchev–Trinajstić information content (AvgIpc) is 3.14. The summed E-state index contributed by atoms with van der Waals surface area (Å²) in [5.41, 5.74) is 5.75. The van der Waals surface area contributed by atoms with Crippen molar-refractivity contribution in [1.29, 1.82) is 0 Å². The molecule has 3 aromatic rings. The number of pyridine rings is 1. The maximum atomic E-state index is 12.7. The van der Waals surface area contributed by atoms with Crippen molar-refractivity contribution < 1.29 is 8.42 Å². The lowest BCUT2D eigenvalue weighted by molar-refractivity contribution is 0.538.